The molecule has 5 heteroatoms. The van der Waals surface area contributed by atoms with E-state index in [0.29, 0.717) is 5.70 Å². The van der Waals surface area contributed by atoms with Gasteiger partial charge in [-0.15, -0.1) is 0 Å². The highest BCUT2D eigenvalue weighted by Crippen LogP contribution is 2.22. The van der Waals surface area contributed by atoms with Gasteiger partial charge in [0.15, 0.2) is 5.57 Å². The summed E-state index contributed by atoms with van der Waals surface area (Å²) in [6, 6.07) is 20.9. The van der Waals surface area contributed by atoms with Crippen LogP contribution >= 0.6 is 0 Å². The first-order valence-corrected chi connectivity index (χ1v) is 7.62. The fourth-order valence-electron chi connectivity index (χ4n) is 2.06. The van der Waals surface area contributed by atoms with Crippen LogP contribution in [-0.4, -0.2) is 19.0 Å². The van der Waals surface area contributed by atoms with Crippen LogP contribution in [0.2, 0.25) is 0 Å². The first-order chi connectivity index (χ1) is 12.1. The van der Waals surface area contributed by atoms with Gasteiger partial charge in [0.05, 0.1) is 5.70 Å². The third-order valence-corrected chi connectivity index (χ3v) is 3.29. The van der Waals surface area contributed by atoms with E-state index >= 15 is 0 Å². The quantitative estimate of drug-likeness (QED) is 0.632. The minimum atomic E-state index is 0.0645. The van der Waals surface area contributed by atoms with Crippen LogP contribution in [0.3, 0.4) is 0 Å². The minimum Gasteiger partial charge on any atom is -0.457 e. The number of nitrogens with one attached hydrogen (secondary N) is 1. The molecule has 0 amide bonds. The summed E-state index contributed by atoms with van der Waals surface area (Å²) in [5, 5.41) is 21.1. The molecule has 124 valence electrons. The summed E-state index contributed by atoms with van der Waals surface area (Å²) in [6.07, 6.45) is 3.38. The Hall–Kier alpha value is -3.70. The van der Waals surface area contributed by atoms with Crippen LogP contribution in [0.5, 0.6) is 11.5 Å². The molecular weight excluding hydrogens is 312 g/mol. The Morgan fingerprint density at radius 2 is 1.56 bits per heavy atom. The smallest absolute Gasteiger partial charge is 0.152 e. The molecule has 0 aliphatic heterocycles. The average molecular weight is 330 g/mol. The van der Waals surface area contributed by atoms with Crippen molar-refractivity contribution < 1.29 is 4.74 Å². The summed E-state index contributed by atoms with van der Waals surface area (Å²) >= 11 is 0. The molecule has 0 aromatic heterocycles. The Morgan fingerprint density at radius 3 is 2.12 bits per heavy atom. The second kappa shape index (κ2) is 8.81. The molecule has 2 aromatic rings. The van der Waals surface area contributed by atoms with Gasteiger partial charge in [0.25, 0.3) is 0 Å². The first-order valence-electron chi connectivity index (χ1n) is 7.62. The standard InChI is InChI=1S/C20H18N4O/c1-24(2)20(16(14-21)15-22)12-13-23-17-8-10-19(11-9-17)25-18-6-4-3-5-7-18/h3-13,23H,1-2H3/b13-12+. The molecule has 0 radical (unpaired) electrons. The molecule has 2 rings (SSSR count). The molecule has 25 heavy (non-hydrogen) atoms. The van der Waals surface area contributed by atoms with Crippen LogP contribution < -0.4 is 10.1 Å². The van der Waals surface area contributed by atoms with Crippen molar-refractivity contribution in [3.05, 3.63) is 78.1 Å². The van der Waals surface area contributed by atoms with Gasteiger partial charge in [-0.25, -0.2) is 0 Å². The lowest BCUT2D eigenvalue weighted by Crippen LogP contribution is -2.11. The molecule has 0 unspecified atom stereocenters. The zero-order valence-electron chi connectivity index (χ0n) is 14.1. The lowest BCUT2D eigenvalue weighted by molar-refractivity contribution is 0.483. The van der Waals surface area contributed by atoms with Crippen molar-refractivity contribution in [1.82, 2.24) is 4.90 Å². The van der Waals surface area contributed by atoms with Crippen molar-refractivity contribution in [2.24, 2.45) is 0 Å². The molecule has 1 N–H and O–H groups in total. The SMILES string of the molecule is CN(C)C(/C=C/Nc1ccc(Oc2ccccc2)cc1)=C(C#N)C#N. The monoisotopic (exact) mass is 330 g/mol. The van der Waals surface area contributed by atoms with Crippen molar-refractivity contribution in [2.45, 2.75) is 0 Å². The number of nitrogens with zero attached hydrogens (tertiary/aromatic N) is 3. The van der Waals surface area contributed by atoms with E-state index in [1.54, 1.807) is 31.3 Å². The highest BCUT2D eigenvalue weighted by atomic mass is 16.5. The summed E-state index contributed by atoms with van der Waals surface area (Å²) in [5.74, 6) is 1.52. The topological polar surface area (TPSA) is 72.1 Å². The Labute approximate surface area is 147 Å². The van der Waals surface area contributed by atoms with Gasteiger partial charge in [0, 0.05) is 26.0 Å². The highest BCUT2D eigenvalue weighted by Gasteiger charge is 2.04. The van der Waals surface area contributed by atoms with Crippen LogP contribution in [0.4, 0.5) is 5.69 Å². The van der Waals surface area contributed by atoms with Crippen LogP contribution in [0.25, 0.3) is 0 Å². The van der Waals surface area contributed by atoms with Gasteiger partial charge in [-0.3, -0.25) is 0 Å². The van der Waals surface area contributed by atoms with E-state index in [0.717, 1.165) is 17.2 Å². The third kappa shape index (κ3) is 5.16. The van der Waals surface area contributed by atoms with E-state index in [1.807, 2.05) is 66.7 Å². The number of hydrogen-bond donors (Lipinski definition) is 1. The summed E-state index contributed by atoms with van der Waals surface area (Å²) in [7, 11) is 3.56. The van der Waals surface area contributed by atoms with Crippen molar-refractivity contribution in [1.29, 1.82) is 10.5 Å². The van der Waals surface area contributed by atoms with E-state index in [2.05, 4.69) is 5.32 Å². The Morgan fingerprint density at radius 1 is 0.960 bits per heavy atom. The third-order valence-electron chi connectivity index (χ3n) is 3.29. The molecule has 0 saturated carbocycles. The van der Waals surface area contributed by atoms with Crippen LogP contribution in [0.15, 0.2) is 78.1 Å². The number of anilines is 1. The number of rotatable bonds is 6. The largest absolute Gasteiger partial charge is 0.457 e. The lowest BCUT2D eigenvalue weighted by atomic mass is 10.2. The molecule has 0 saturated heterocycles. The molecule has 0 spiro atoms. The van der Waals surface area contributed by atoms with E-state index in [4.69, 9.17) is 15.3 Å². The lowest BCUT2D eigenvalue weighted by Gasteiger charge is -2.13. The maximum Gasteiger partial charge on any atom is 0.152 e. The minimum absolute atomic E-state index is 0.0645. The Bertz CT molecular complexity index is 822. The highest BCUT2D eigenvalue weighted by molar-refractivity contribution is 5.50. The fraction of sp³-hybridized carbons (Fsp3) is 0.100. The summed E-state index contributed by atoms with van der Waals surface area (Å²) < 4.78 is 5.74. The number of nitriles is 2. The van der Waals surface area contributed by atoms with Crippen molar-refractivity contribution >= 4 is 5.69 Å². The van der Waals surface area contributed by atoms with Crippen LogP contribution in [0, 0.1) is 22.7 Å². The van der Waals surface area contributed by atoms with Gasteiger partial charge < -0.3 is 15.0 Å². The van der Waals surface area contributed by atoms with E-state index in [1.165, 1.54) is 0 Å². The van der Waals surface area contributed by atoms with Gasteiger partial charge in [0.2, 0.25) is 0 Å². The molecule has 2 aromatic carbocycles. The maximum absolute atomic E-state index is 8.99. The molecule has 0 heterocycles. The molecular formula is C20H18N4O. The first kappa shape index (κ1) is 17.7. The number of allylic oxidation sites excluding steroid dienone is 2. The second-order valence-corrected chi connectivity index (χ2v) is 5.30. The molecule has 0 aliphatic carbocycles. The molecule has 0 bridgehead atoms. The predicted molar refractivity (Wildman–Crippen MR) is 97.7 cm³/mol. The number of likely N-dealkylation sites (N-methyl/N-ethyl adjacent to an activating group) is 1. The summed E-state index contributed by atoms with van der Waals surface area (Å²) in [6.45, 7) is 0. The molecule has 0 aliphatic rings. The molecule has 0 atom stereocenters. The van der Waals surface area contributed by atoms with E-state index < -0.39 is 0 Å². The predicted octanol–water partition coefficient (Wildman–Crippen LogP) is 4.27. The Balaban J connectivity index is 2.03. The van der Waals surface area contributed by atoms with Crippen LogP contribution in [0.1, 0.15) is 0 Å². The van der Waals surface area contributed by atoms with Gasteiger partial charge >= 0.3 is 0 Å². The average Bonchev–Trinajstić information content (AvgIpc) is 2.63. The fourth-order valence-corrected chi connectivity index (χ4v) is 2.06. The van der Waals surface area contributed by atoms with Crippen molar-refractivity contribution in [3.8, 4) is 23.6 Å². The molecule has 5 nitrogen and oxygen atoms in total. The van der Waals surface area contributed by atoms with Gasteiger partial charge in [-0.2, -0.15) is 10.5 Å². The van der Waals surface area contributed by atoms with Crippen molar-refractivity contribution in [3.63, 3.8) is 0 Å². The van der Waals surface area contributed by atoms with Gasteiger partial charge in [-0.05, 0) is 42.5 Å². The summed E-state index contributed by atoms with van der Waals surface area (Å²) in [5.41, 5.74) is 1.47. The maximum atomic E-state index is 8.99. The van der Waals surface area contributed by atoms with Gasteiger partial charge in [-0.1, -0.05) is 18.2 Å². The number of benzene rings is 2. The van der Waals surface area contributed by atoms with E-state index in [9.17, 15) is 0 Å². The Kier molecular flexibility index (Phi) is 6.22. The van der Waals surface area contributed by atoms with E-state index in [-0.39, 0.29) is 5.57 Å². The number of para-hydroxylation sites is 1. The summed E-state index contributed by atoms with van der Waals surface area (Å²) in [4.78, 5) is 1.72. The number of ether oxygens (including phenoxy) is 1. The zero-order valence-corrected chi connectivity index (χ0v) is 14.1. The van der Waals surface area contributed by atoms with Crippen LogP contribution in [-0.2, 0) is 0 Å². The van der Waals surface area contributed by atoms with Crippen molar-refractivity contribution in [2.75, 3.05) is 19.4 Å². The molecule has 0 fully saturated rings. The number of hydrogen-bond acceptors (Lipinski definition) is 5. The van der Waals surface area contributed by atoms with Gasteiger partial charge in [0.1, 0.15) is 23.6 Å². The zero-order chi connectivity index (χ0) is 18.1. The normalized spacial score (nSPS) is 9.76. The second-order valence-electron chi connectivity index (χ2n) is 5.30.